The van der Waals surface area contributed by atoms with Gasteiger partial charge in [-0.15, -0.1) is 5.10 Å². The summed E-state index contributed by atoms with van der Waals surface area (Å²) in [6.07, 6.45) is -0.154. The lowest BCUT2D eigenvalue weighted by atomic mass is 9.98. The number of nitrogens with zero attached hydrogens (tertiary/aromatic N) is 4. The summed E-state index contributed by atoms with van der Waals surface area (Å²) in [4.78, 5) is 11.6. The Kier molecular flexibility index (Phi) is 6.75. The van der Waals surface area contributed by atoms with Gasteiger partial charge in [-0.3, -0.25) is 10.1 Å². The van der Waals surface area contributed by atoms with Crippen molar-refractivity contribution < 1.29 is 9.90 Å². The third-order valence-electron chi connectivity index (χ3n) is 4.61. The highest BCUT2D eigenvalue weighted by Gasteiger charge is 2.30. The number of carboxylic acids is 1. The zero-order valence-electron chi connectivity index (χ0n) is 16.9. The van der Waals surface area contributed by atoms with E-state index < -0.39 is 18.1 Å². The molecule has 3 rings (SSSR count). The molecule has 2 aromatic carbocycles. The van der Waals surface area contributed by atoms with Crippen molar-refractivity contribution in [3.05, 3.63) is 75.5 Å². The second kappa shape index (κ2) is 9.12. The van der Waals surface area contributed by atoms with Gasteiger partial charge in [0.15, 0.2) is 5.82 Å². The second-order valence-corrected chi connectivity index (χ2v) is 8.77. The van der Waals surface area contributed by atoms with Crippen LogP contribution in [0.4, 0.5) is 0 Å². The average Bonchev–Trinajstić information content (AvgIpc) is 3.18. The number of tetrazole rings is 1. The largest absolute Gasteiger partial charge is 0.481 e. The van der Waals surface area contributed by atoms with E-state index >= 15 is 0 Å². The topological polar surface area (TPSA) is 92.9 Å². The average molecular weight is 448 g/mol. The van der Waals surface area contributed by atoms with E-state index in [4.69, 9.17) is 23.2 Å². The van der Waals surface area contributed by atoms with Crippen LogP contribution in [0, 0.1) is 0 Å². The second-order valence-electron chi connectivity index (χ2n) is 7.95. The van der Waals surface area contributed by atoms with Crippen LogP contribution in [0.2, 0.25) is 10.0 Å². The molecule has 0 fully saturated rings. The summed E-state index contributed by atoms with van der Waals surface area (Å²) in [5.41, 5.74) is 1.26. The van der Waals surface area contributed by atoms with Crippen LogP contribution in [0.25, 0.3) is 0 Å². The fraction of sp³-hybridized carbons (Fsp3) is 0.333. The number of hydrogen-bond acceptors (Lipinski definition) is 5. The maximum Gasteiger partial charge on any atom is 0.305 e. The molecular formula is C21H23Cl2N5O2. The molecule has 30 heavy (non-hydrogen) atoms. The monoisotopic (exact) mass is 447 g/mol. The van der Waals surface area contributed by atoms with E-state index in [2.05, 4.69) is 20.8 Å². The van der Waals surface area contributed by atoms with Crippen molar-refractivity contribution in [3.8, 4) is 0 Å². The number of halogens is 2. The number of carbonyl (C=O) groups is 1. The van der Waals surface area contributed by atoms with Crippen molar-refractivity contribution in [2.24, 2.45) is 0 Å². The van der Waals surface area contributed by atoms with Gasteiger partial charge in [0.1, 0.15) is 0 Å². The van der Waals surface area contributed by atoms with Gasteiger partial charge < -0.3 is 5.11 Å². The molecule has 0 aliphatic rings. The minimum absolute atomic E-state index is 0.154. The highest BCUT2D eigenvalue weighted by atomic mass is 35.5. The Labute approximate surface area is 185 Å². The van der Waals surface area contributed by atoms with Crippen molar-refractivity contribution >= 4 is 29.2 Å². The molecule has 9 heteroatoms. The quantitative estimate of drug-likeness (QED) is 0.548. The minimum Gasteiger partial charge on any atom is -0.481 e. The van der Waals surface area contributed by atoms with Crippen molar-refractivity contribution in [2.75, 3.05) is 0 Å². The van der Waals surface area contributed by atoms with Crippen molar-refractivity contribution in [1.82, 2.24) is 25.5 Å². The maximum absolute atomic E-state index is 11.6. The van der Waals surface area contributed by atoms with Crippen LogP contribution in [0.3, 0.4) is 0 Å². The number of aromatic nitrogens is 4. The van der Waals surface area contributed by atoms with E-state index in [-0.39, 0.29) is 12.0 Å². The van der Waals surface area contributed by atoms with Gasteiger partial charge in [-0.25, -0.2) is 4.68 Å². The molecule has 7 nitrogen and oxygen atoms in total. The van der Waals surface area contributed by atoms with Crippen LogP contribution < -0.4 is 5.32 Å². The molecule has 2 unspecified atom stereocenters. The molecule has 1 heterocycles. The normalized spacial score (nSPS) is 13.8. The van der Waals surface area contributed by atoms with E-state index in [1.54, 1.807) is 22.9 Å². The summed E-state index contributed by atoms with van der Waals surface area (Å²) >= 11 is 12.2. The molecule has 0 amide bonds. The summed E-state index contributed by atoms with van der Waals surface area (Å²) in [5, 5.41) is 26.0. The van der Waals surface area contributed by atoms with E-state index in [1.165, 1.54) is 0 Å². The number of aliphatic carboxylic acids is 1. The highest BCUT2D eigenvalue weighted by Crippen LogP contribution is 2.31. The van der Waals surface area contributed by atoms with Gasteiger partial charge in [-0.1, -0.05) is 59.6 Å². The van der Waals surface area contributed by atoms with Gasteiger partial charge in [-0.2, -0.15) is 0 Å². The summed E-state index contributed by atoms with van der Waals surface area (Å²) in [6.45, 7) is 6.01. The van der Waals surface area contributed by atoms with Gasteiger partial charge in [0.25, 0.3) is 0 Å². The molecule has 2 atom stereocenters. The Bertz CT molecular complexity index is 1020. The first-order valence-corrected chi connectivity index (χ1v) is 10.2. The Morgan fingerprint density at radius 1 is 1.10 bits per heavy atom. The van der Waals surface area contributed by atoms with Gasteiger partial charge in [0.05, 0.1) is 28.0 Å². The third-order valence-corrected chi connectivity index (χ3v) is 5.35. The van der Waals surface area contributed by atoms with E-state index in [0.717, 1.165) is 5.56 Å². The van der Waals surface area contributed by atoms with Gasteiger partial charge in [0.2, 0.25) is 0 Å². The number of carboxylic acid groups (broad SMARTS) is 1. The Morgan fingerprint density at radius 3 is 2.40 bits per heavy atom. The summed E-state index contributed by atoms with van der Waals surface area (Å²) in [6, 6.07) is 13.8. The van der Waals surface area contributed by atoms with E-state index in [1.807, 2.05) is 51.1 Å². The zero-order valence-corrected chi connectivity index (χ0v) is 18.4. The Hall–Kier alpha value is -2.48. The van der Waals surface area contributed by atoms with Crippen molar-refractivity contribution in [3.63, 3.8) is 0 Å². The van der Waals surface area contributed by atoms with Gasteiger partial charge >= 0.3 is 5.97 Å². The first-order valence-electron chi connectivity index (χ1n) is 9.43. The van der Waals surface area contributed by atoms with Crippen LogP contribution in [0.15, 0.2) is 48.5 Å². The molecule has 1 aromatic heterocycles. The first-order chi connectivity index (χ1) is 14.2. The van der Waals surface area contributed by atoms with E-state index in [9.17, 15) is 9.90 Å². The summed E-state index contributed by atoms with van der Waals surface area (Å²) in [5.74, 6) is -0.357. The first kappa shape index (κ1) is 22.2. The zero-order chi connectivity index (χ0) is 21.9. The SMILES string of the molecule is CC(C)(C)n1nnnc1C(NC(CC(=O)O)c1ccc(Cl)c(Cl)c1)c1ccccc1. The fourth-order valence-corrected chi connectivity index (χ4v) is 3.50. The smallest absolute Gasteiger partial charge is 0.305 e. The van der Waals surface area contributed by atoms with Crippen LogP contribution in [-0.4, -0.2) is 31.3 Å². The molecule has 0 saturated heterocycles. The lowest BCUT2D eigenvalue weighted by Crippen LogP contribution is -2.34. The predicted octanol–water partition coefficient (Wildman–Crippen LogP) is 4.63. The predicted molar refractivity (Wildman–Crippen MR) is 116 cm³/mol. The molecule has 2 N–H and O–H groups in total. The molecular weight excluding hydrogens is 425 g/mol. The van der Waals surface area contributed by atoms with E-state index in [0.29, 0.717) is 21.4 Å². The number of nitrogens with one attached hydrogen (secondary N) is 1. The van der Waals surface area contributed by atoms with Crippen LogP contribution in [0.5, 0.6) is 0 Å². The summed E-state index contributed by atoms with van der Waals surface area (Å²) in [7, 11) is 0. The number of hydrogen-bond donors (Lipinski definition) is 2. The third kappa shape index (κ3) is 5.16. The lowest BCUT2D eigenvalue weighted by Gasteiger charge is -2.28. The molecule has 0 spiro atoms. The van der Waals surface area contributed by atoms with Crippen molar-refractivity contribution in [1.29, 1.82) is 0 Å². The molecule has 0 aliphatic carbocycles. The molecule has 3 aromatic rings. The fourth-order valence-electron chi connectivity index (χ4n) is 3.20. The number of rotatable bonds is 7. The summed E-state index contributed by atoms with van der Waals surface area (Å²) < 4.78 is 1.74. The molecule has 0 bridgehead atoms. The molecule has 0 aliphatic heterocycles. The molecule has 0 radical (unpaired) electrons. The maximum atomic E-state index is 11.6. The Balaban J connectivity index is 2.07. The highest BCUT2D eigenvalue weighted by molar-refractivity contribution is 6.42. The minimum atomic E-state index is -0.944. The lowest BCUT2D eigenvalue weighted by molar-refractivity contribution is -0.137. The van der Waals surface area contributed by atoms with Crippen LogP contribution in [0.1, 0.15) is 56.2 Å². The number of benzene rings is 2. The van der Waals surface area contributed by atoms with Crippen molar-refractivity contribution in [2.45, 2.75) is 44.8 Å². The van der Waals surface area contributed by atoms with Gasteiger partial charge in [-0.05, 0) is 54.5 Å². The van der Waals surface area contributed by atoms with Crippen LogP contribution >= 0.6 is 23.2 Å². The standard InChI is InChI=1S/C21H23Cl2N5O2/c1-21(2,3)28-20(25-26-27-28)19(13-7-5-4-6-8-13)24-17(12-18(29)30)14-9-10-15(22)16(23)11-14/h4-11,17,19,24H,12H2,1-3H3,(H,29,30). The molecule has 158 valence electrons. The van der Waals surface area contributed by atoms with Crippen LogP contribution in [-0.2, 0) is 10.3 Å². The van der Waals surface area contributed by atoms with Gasteiger partial charge in [0, 0.05) is 6.04 Å². The molecule has 0 saturated carbocycles. The Morgan fingerprint density at radius 2 is 1.80 bits per heavy atom.